The highest BCUT2D eigenvalue weighted by atomic mass is 127. The molecule has 0 radical (unpaired) electrons. The topological polar surface area (TPSA) is 35.8 Å². The Kier molecular flexibility index (Phi) is 3.64. The van der Waals surface area contributed by atoms with Crippen molar-refractivity contribution in [3.63, 3.8) is 0 Å². The number of hydrogen-bond acceptors (Lipinski definition) is 2. The van der Waals surface area contributed by atoms with Gasteiger partial charge in [-0.3, -0.25) is 0 Å². The highest BCUT2D eigenvalue weighted by Gasteiger charge is 2.02. The number of halogens is 1. The molecule has 0 fully saturated rings. The maximum Gasteiger partial charge on any atom is 0.101 e. The maximum atomic E-state index is 9.08. The van der Waals surface area contributed by atoms with E-state index in [4.69, 9.17) is 5.26 Å². The lowest BCUT2D eigenvalue weighted by molar-refractivity contribution is 1.40. The molecule has 2 rings (SSSR count). The van der Waals surface area contributed by atoms with Crippen molar-refractivity contribution in [3.8, 4) is 6.07 Å². The van der Waals surface area contributed by atoms with E-state index in [-0.39, 0.29) is 0 Å². The summed E-state index contributed by atoms with van der Waals surface area (Å²) in [6.07, 6.45) is 0. The van der Waals surface area contributed by atoms with Gasteiger partial charge in [-0.15, -0.1) is 0 Å². The van der Waals surface area contributed by atoms with Crippen molar-refractivity contribution in [3.05, 3.63) is 57.2 Å². The van der Waals surface area contributed by atoms with E-state index in [0.29, 0.717) is 5.56 Å². The van der Waals surface area contributed by atoms with Gasteiger partial charge in [0.1, 0.15) is 6.07 Å². The van der Waals surface area contributed by atoms with Crippen molar-refractivity contribution >= 4 is 34.0 Å². The molecule has 0 atom stereocenters. The summed E-state index contributed by atoms with van der Waals surface area (Å²) in [6, 6.07) is 16.1. The van der Waals surface area contributed by atoms with Crippen LogP contribution in [0.5, 0.6) is 0 Å². The van der Waals surface area contributed by atoms with E-state index in [1.165, 1.54) is 3.57 Å². The van der Waals surface area contributed by atoms with Crippen molar-refractivity contribution in [2.24, 2.45) is 0 Å². The van der Waals surface area contributed by atoms with E-state index in [0.717, 1.165) is 16.9 Å². The Morgan fingerprint density at radius 3 is 2.71 bits per heavy atom. The van der Waals surface area contributed by atoms with E-state index in [9.17, 15) is 0 Å². The Morgan fingerprint density at radius 2 is 2.00 bits per heavy atom. The van der Waals surface area contributed by atoms with Gasteiger partial charge in [-0.25, -0.2) is 0 Å². The third-order valence-electron chi connectivity index (χ3n) is 2.40. The van der Waals surface area contributed by atoms with Crippen molar-refractivity contribution in [1.29, 1.82) is 5.26 Å². The van der Waals surface area contributed by atoms with Gasteiger partial charge in [-0.1, -0.05) is 12.1 Å². The summed E-state index contributed by atoms with van der Waals surface area (Å²) in [4.78, 5) is 0. The molecule has 0 aliphatic rings. The van der Waals surface area contributed by atoms with Crippen LogP contribution in [0.15, 0.2) is 42.5 Å². The quantitative estimate of drug-likeness (QED) is 0.835. The standard InChI is InChI=1S/C14H11IN2/c1-10-5-6-14(11(7-10)9-16)17-13-4-2-3-12(15)8-13/h2-8,17H,1H3. The number of rotatable bonds is 2. The first-order chi connectivity index (χ1) is 8.19. The van der Waals surface area contributed by atoms with Crippen molar-refractivity contribution in [1.82, 2.24) is 0 Å². The predicted octanol–water partition coefficient (Wildman–Crippen LogP) is 4.21. The summed E-state index contributed by atoms with van der Waals surface area (Å²) in [6.45, 7) is 1.98. The van der Waals surface area contributed by atoms with Crippen LogP contribution in [0.25, 0.3) is 0 Å². The predicted molar refractivity (Wildman–Crippen MR) is 78.3 cm³/mol. The van der Waals surface area contributed by atoms with Crippen LogP contribution in [-0.2, 0) is 0 Å². The molecule has 84 valence electrons. The van der Waals surface area contributed by atoms with Crippen molar-refractivity contribution in [2.75, 3.05) is 5.32 Å². The molecule has 0 amide bonds. The minimum Gasteiger partial charge on any atom is -0.354 e. The Balaban J connectivity index is 2.34. The molecule has 0 saturated heterocycles. The molecule has 2 aromatic rings. The molecular weight excluding hydrogens is 323 g/mol. The first-order valence-electron chi connectivity index (χ1n) is 5.22. The van der Waals surface area contributed by atoms with Gasteiger partial charge < -0.3 is 5.32 Å². The van der Waals surface area contributed by atoms with Gasteiger partial charge >= 0.3 is 0 Å². The maximum absolute atomic E-state index is 9.08. The summed E-state index contributed by atoms with van der Waals surface area (Å²) in [5.41, 5.74) is 3.61. The number of aryl methyl sites for hydroxylation is 1. The van der Waals surface area contributed by atoms with Crippen molar-refractivity contribution < 1.29 is 0 Å². The Labute approximate surface area is 114 Å². The zero-order chi connectivity index (χ0) is 12.3. The van der Waals surface area contributed by atoms with Crippen molar-refractivity contribution in [2.45, 2.75) is 6.92 Å². The molecule has 17 heavy (non-hydrogen) atoms. The van der Waals surface area contributed by atoms with Gasteiger partial charge in [0.15, 0.2) is 0 Å². The lowest BCUT2D eigenvalue weighted by Gasteiger charge is -2.09. The fraction of sp³-hybridized carbons (Fsp3) is 0.0714. The number of hydrogen-bond donors (Lipinski definition) is 1. The fourth-order valence-electron chi connectivity index (χ4n) is 1.58. The Bertz CT molecular complexity index is 585. The molecule has 0 saturated carbocycles. The average molecular weight is 334 g/mol. The van der Waals surface area contributed by atoms with Crippen LogP contribution in [-0.4, -0.2) is 0 Å². The van der Waals surface area contributed by atoms with Gasteiger partial charge in [0.2, 0.25) is 0 Å². The van der Waals surface area contributed by atoms with Crippen LogP contribution >= 0.6 is 22.6 Å². The van der Waals surface area contributed by atoms with Gasteiger partial charge in [-0.05, 0) is 65.4 Å². The summed E-state index contributed by atoms with van der Waals surface area (Å²) in [5, 5.41) is 12.3. The number of nitrogens with zero attached hydrogens (tertiary/aromatic N) is 1. The molecule has 0 unspecified atom stereocenters. The van der Waals surface area contributed by atoms with Crippen LogP contribution in [0, 0.1) is 21.8 Å². The summed E-state index contributed by atoms with van der Waals surface area (Å²) in [5.74, 6) is 0. The second kappa shape index (κ2) is 5.19. The number of nitrogens with one attached hydrogen (secondary N) is 1. The van der Waals surface area contributed by atoms with Crippen LogP contribution in [0.1, 0.15) is 11.1 Å². The third kappa shape index (κ3) is 2.98. The molecule has 0 bridgehead atoms. The number of anilines is 2. The first kappa shape index (κ1) is 11.9. The van der Waals surface area contributed by atoms with Crippen LogP contribution in [0.3, 0.4) is 0 Å². The number of benzene rings is 2. The first-order valence-corrected chi connectivity index (χ1v) is 6.30. The SMILES string of the molecule is Cc1ccc(Nc2cccc(I)c2)c(C#N)c1. The molecule has 2 nitrogen and oxygen atoms in total. The summed E-state index contributed by atoms with van der Waals surface area (Å²) >= 11 is 2.27. The molecule has 0 heterocycles. The van der Waals surface area contributed by atoms with Gasteiger partial charge in [0.25, 0.3) is 0 Å². The smallest absolute Gasteiger partial charge is 0.101 e. The van der Waals surface area contributed by atoms with E-state index in [1.54, 1.807) is 0 Å². The average Bonchev–Trinajstić information content (AvgIpc) is 2.31. The highest BCUT2D eigenvalue weighted by molar-refractivity contribution is 14.1. The molecule has 0 spiro atoms. The fourth-order valence-corrected chi connectivity index (χ4v) is 2.12. The van der Waals surface area contributed by atoms with Gasteiger partial charge in [0, 0.05) is 9.26 Å². The monoisotopic (exact) mass is 334 g/mol. The van der Waals surface area contributed by atoms with E-state index >= 15 is 0 Å². The molecule has 0 aromatic heterocycles. The minimum atomic E-state index is 0.670. The highest BCUT2D eigenvalue weighted by Crippen LogP contribution is 2.22. The van der Waals surface area contributed by atoms with E-state index in [1.807, 2.05) is 49.4 Å². The summed E-state index contributed by atoms with van der Waals surface area (Å²) < 4.78 is 1.17. The number of nitriles is 1. The zero-order valence-electron chi connectivity index (χ0n) is 9.37. The molecule has 1 N–H and O–H groups in total. The molecule has 0 aliphatic heterocycles. The summed E-state index contributed by atoms with van der Waals surface area (Å²) in [7, 11) is 0. The van der Waals surface area contributed by atoms with Crippen LogP contribution in [0.4, 0.5) is 11.4 Å². The lowest BCUT2D eigenvalue weighted by atomic mass is 10.1. The van der Waals surface area contributed by atoms with Crippen LogP contribution in [0.2, 0.25) is 0 Å². The van der Waals surface area contributed by atoms with Gasteiger partial charge in [-0.2, -0.15) is 5.26 Å². The molecule has 3 heteroatoms. The second-order valence-electron chi connectivity index (χ2n) is 3.80. The van der Waals surface area contributed by atoms with Gasteiger partial charge in [0.05, 0.1) is 11.3 Å². The zero-order valence-corrected chi connectivity index (χ0v) is 11.5. The molecule has 2 aromatic carbocycles. The Morgan fingerprint density at radius 1 is 1.18 bits per heavy atom. The normalized spacial score (nSPS) is 9.71. The van der Waals surface area contributed by atoms with E-state index < -0.39 is 0 Å². The van der Waals surface area contributed by atoms with Crippen LogP contribution < -0.4 is 5.32 Å². The lowest BCUT2D eigenvalue weighted by Crippen LogP contribution is -1.94. The minimum absolute atomic E-state index is 0.670. The largest absolute Gasteiger partial charge is 0.354 e. The van der Waals surface area contributed by atoms with E-state index in [2.05, 4.69) is 34.0 Å². The third-order valence-corrected chi connectivity index (χ3v) is 3.07. The molecular formula is C14H11IN2. The second-order valence-corrected chi connectivity index (χ2v) is 5.04. The Hall–Kier alpha value is -1.54. The molecule has 0 aliphatic carbocycles.